The molecule has 0 fully saturated rings. The van der Waals surface area contributed by atoms with Crippen LogP contribution < -0.4 is 11.1 Å². The lowest BCUT2D eigenvalue weighted by molar-refractivity contribution is 0.0950. The van der Waals surface area contributed by atoms with Crippen molar-refractivity contribution in [3.8, 4) is 5.75 Å². The van der Waals surface area contributed by atoms with E-state index in [0.717, 1.165) is 43.0 Å². The monoisotopic (exact) mass is 286 g/mol. The first-order chi connectivity index (χ1) is 10.2. The number of nitrogens with one attached hydrogen (secondary N) is 1. The van der Waals surface area contributed by atoms with Crippen molar-refractivity contribution < 1.29 is 9.90 Å². The smallest absolute Gasteiger partial charge is 0.255 e. The Bertz CT molecular complexity index is 611. The minimum absolute atomic E-state index is 0.0225. The first kappa shape index (κ1) is 15.3. The Hall–Kier alpha value is -2.07. The van der Waals surface area contributed by atoms with Crippen LogP contribution >= 0.6 is 0 Å². The molecule has 0 atom stereocenters. The van der Waals surface area contributed by atoms with Crippen LogP contribution in [0.15, 0.2) is 36.4 Å². The van der Waals surface area contributed by atoms with E-state index in [9.17, 15) is 9.90 Å². The average molecular weight is 286 g/mol. The highest BCUT2D eigenvalue weighted by atomic mass is 16.3. The number of benzene rings is 2. The van der Waals surface area contributed by atoms with Gasteiger partial charge in [0.2, 0.25) is 0 Å². The third-order valence-corrected chi connectivity index (χ3v) is 3.53. The molecule has 2 aromatic rings. The maximum atomic E-state index is 12.1. The van der Waals surface area contributed by atoms with E-state index in [4.69, 9.17) is 5.73 Å². The fraction of sp³-hybridized carbons (Fsp3) is 0.353. The second kappa shape index (κ2) is 7.64. The molecule has 112 valence electrons. The van der Waals surface area contributed by atoms with Gasteiger partial charge in [-0.3, -0.25) is 4.79 Å². The Kier molecular flexibility index (Phi) is 5.58. The summed E-state index contributed by atoms with van der Waals surface area (Å²) >= 11 is 0. The van der Waals surface area contributed by atoms with Gasteiger partial charge < -0.3 is 16.2 Å². The highest BCUT2D eigenvalue weighted by molar-refractivity contribution is 6.01. The van der Waals surface area contributed by atoms with Crippen LogP contribution in [0.5, 0.6) is 5.75 Å². The number of amides is 1. The molecule has 0 aliphatic rings. The van der Waals surface area contributed by atoms with E-state index >= 15 is 0 Å². The van der Waals surface area contributed by atoms with Crippen LogP contribution in [0.4, 0.5) is 0 Å². The molecule has 0 aliphatic heterocycles. The van der Waals surface area contributed by atoms with Crippen LogP contribution in [-0.4, -0.2) is 24.1 Å². The first-order valence-corrected chi connectivity index (χ1v) is 7.42. The molecule has 0 radical (unpaired) electrons. The number of hydrogen-bond donors (Lipinski definition) is 3. The quantitative estimate of drug-likeness (QED) is 0.685. The van der Waals surface area contributed by atoms with Crippen LogP contribution in [0.2, 0.25) is 0 Å². The van der Waals surface area contributed by atoms with Gasteiger partial charge in [0.05, 0.1) is 5.56 Å². The standard InChI is InChI=1S/C17H22N2O2/c18-9-5-1-2-6-10-19-17(21)15-11-13-7-3-4-8-14(13)12-16(15)20/h3-4,7-8,11-12,20H,1-2,5-6,9-10,18H2,(H,19,21). The summed E-state index contributed by atoms with van der Waals surface area (Å²) in [5.74, 6) is -0.202. The molecule has 1 amide bonds. The van der Waals surface area contributed by atoms with E-state index in [1.165, 1.54) is 0 Å². The normalized spacial score (nSPS) is 10.7. The van der Waals surface area contributed by atoms with Crippen LogP contribution in [0, 0.1) is 0 Å². The van der Waals surface area contributed by atoms with Crippen LogP contribution in [0.25, 0.3) is 10.8 Å². The Labute approximate surface area is 125 Å². The number of rotatable bonds is 7. The Morgan fingerprint density at radius 2 is 1.71 bits per heavy atom. The Balaban J connectivity index is 1.94. The van der Waals surface area contributed by atoms with E-state index in [-0.39, 0.29) is 11.7 Å². The Morgan fingerprint density at radius 3 is 2.43 bits per heavy atom. The molecule has 4 N–H and O–H groups in total. The van der Waals surface area contributed by atoms with Gasteiger partial charge in [0.25, 0.3) is 5.91 Å². The van der Waals surface area contributed by atoms with E-state index in [0.29, 0.717) is 12.1 Å². The number of phenolic OH excluding ortho intramolecular Hbond substituents is 1. The fourth-order valence-electron chi connectivity index (χ4n) is 2.33. The van der Waals surface area contributed by atoms with Crippen LogP contribution in [0.1, 0.15) is 36.0 Å². The van der Waals surface area contributed by atoms with Gasteiger partial charge in [0, 0.05) is 6.54 Å². The van der Waals surface area contributed by atoms with Gasteiger partial charge in [-0.05, 0) is 42.3 Å². The third-order valence-electron chi connectivity index (χ3n) is 3.53. The van der Waals surface area contributed by atoms with Crippen molar-refractivity contribution in [1.29, 1.82) is 0 Å². The SMILES string of the molecule is NCCCCCCNC(=O)c1cc2ccccc2cc1O. The van der Waals surface area contributed by atoms with E-state index in [1.54, 1.807) is 12.1 Å². The van der Waals surface area contributed by atoms with E-state index in [2.05, 4.69) is 5.32 Å². The van der Waals surface area contributed by atoms with Crippen molar-refractivity contribution in [3.63, 3.8) is 0 Å². The number of carbonyl (C=O) groups excluding carboxylic acids is 1. The summed E-state index contributed by atoms with van der Waals surface area (Å²) in [4.78, 5) is 12.1. The van der Waals surface area contributed by atoms with Crippen molar-refractivity contribution in [2.24, 2.45) is 5.73 Å². The van der Waals surface area contributed by atoms with Crippen molar-refractivity contribution in [3.05, 3.63) is 42.0 Å². The van der Waals surface area contributed by atoms with Gasteiger partial charge in [-0.15, -0.1) is 0 Å². The lowest BCUT2D eigenvalue weighted by Gasteiger charge is -2.08. The topological polar surface area (TPSA) is 75.3 Å². The van der Waals surface area contributed by atoms with Crippen molar-refractivity contribution in [2.75, 3.05) is 13.1 Å². The number of carbonyl (C=O) groups is 1. The molecule has 0 saturated heterocycles. The highest BCUT2D eigenvalue weighted by Gasteiger charge is 2.11. The molecule has 4 nitrogen and oxygen atoms in total. The predicted octanol–water partition coefficient (Wildman–Crippen LogP) is 2.79. The van der Waals surface area contributed by atoms with Gasteiger partial charge in [0.1, 0.15) is 5.75 Å². The number of fused-ring (bicyclic) bond motifs is 1. The molecule has 2 rings (SSSR count). The van der Waals surface area contributed by atoms with Crippen molar-refractivity contribution >= 4 is 16.7 Å². The zero-order chi connectivity index (χ0) is 15.1. The second-order valence-corrected chi connectivity index (χ2v) is 5.18. The largest absolute Gasteiger partial charge is 0.507 e. The Morgan fingerprint density at radius 1 is 1.05 bits per heavy atom. The van der Waals surface area contributed by atoms with Gasteiger partial charge in [-0.25, -0.2) is 0 Å². The highest BCUT2D eigenvalue weighted by Crippen LogP contribution is 2.24. The second-order valence-electron chi connectivity index (χ2n) is 5.18. The molecule has 2 aromatic carbocycles. The van der Waals surface area contributed by atoms with Gasteiger partial charge in [0.15, 0.2) is 0 Å². The minimum Gasteiger partial charge on any atom is -0.507 e. The summed E-state index contributed by atoms with van der Waals surface area (Å²) in [6, 6.07) is 11.0. The maximum Gasteiger partial charge on any atom is 0.255 e. The molecule has 0 spiro atoms. The minimum atomic E-state index is -0.225. The maximum absolute atomic E-state index is 12.1. The molecule has 0 saturated carbocycles. The number of aromatic hydroxyl groups is 1. The summed E-state index contributed by atoms with van der Waals surface area (Å²) < 4.78 is 0. The molecular formula is C17H22N2O2. The zero-order valence-electron chi connectivity index (χ0n) is 12.1. The molecule has 4 heteroatoms. The molecule has 0 heterocycles. The number of phenols is 1. The summed E-state index contributed by atoms with van der Waals surface area (Å²) in [5.41, 5.74) is 5.76. The lowest BCUT2D eigenvalue weighted by Crippen LogP contribution is -2.24. The molecule has 0 aromatic heterocycles. The lowest BCUT2D eigenvalue weighted by atomic mass is 10.1. The van der Waals surface area contributed by atoms with Crippen molar-refractivity contribution in [1.82, 2.24) is 5.32 Å². The first-order valence-electron chi connectivity index (χ1n) is 7.42. The molecular weight excluding hydrogens is 264 g/mol. The van der Waals surface area contributed by atoms with Gasteiger partial charge >= 0.3 is 0 Å². The molecule has 0 aliphatic carbocycles. The third kappa shape index (κ3) is 4.20. The van der Waals surface area contributed by atoms with E-state index in [1.807, 2.05) is 24.3 Å². The number of nitrogens with two attached hydrogens (primary N) is 1. The number of unbranched alkanes of at least 4 members (excludes halogenated alkanes) is 3. The summed E-state index contributed by atoms with van der Waals surface area (Å²) in [6.45, 7) is 1.34. The van der Waals surface area contributed by atoms with Gasteiger partial charge in [-0.2, -0.15) is 0 Å². The summed E-state index contributed by atoms with van der Waals surface area (Å²) in [6.07, 6.45) is 4.11. The zero-order valence-corrected chi connectivity index (χ0v) is 12.1. The number of hydrogen-bond acceptors (Lipinski definition) is 3. The van der Waals surface area contributed by atoms with Crippen molar-refractivity contribution in [2.45, 2.75) is 25.7 Å². The molecule has 21 heavy (non-hydrogen) atoms. The van der Waals surface area contributed by atoms with Crippen LogP contribution in [0.3, 0.4) is 0 Å². The summed E-state index contributed by atoms with van der Waals surface area (Å²) in [5, 5.41) is 14.7. The predicted molar refractivity (Wildman–Crippen MR) is 85.5 cm³/mol. The molecule has 0 bridgehead atoms. The van der Waals surface area contributed by atoms with Gasteiger partial charge in [-0.1, -0.05) is 37.1 Å². The summed E-state index contributed by atoms with van der Waals surface area (Å²) in [7, 11) is 0. The molecule has 0 unspecified atom stereocenters. The average Bonchev–Trinajstić information content (AvgIpc) is 2.49. The fourth-order valence-corrected chi connectivity index (χ4v) is 2.33. The van der Waals surface area contributed by atoms with E-state index < -0.39 is 0 Å². The van der Waals surface area contributed by atoms with Crippen LogP contribution in [-0.2, 0) is 0 Å².